The van der Waals surface area contributed by atoms with Gasteiger partial charge in [0.1, 0.15) is 11.5 Å². The molecule has 132 valence electrons. The van der Waals surface area contributed by atoms with E-state index in [1.807, 2.05) is 41.1 Å². The van der Waals surface area contributed by atoms with Gasteiger partial charge >= 0.3 is 0 Å². The van der Waals surface area contributed by atoms with Crippen LogP contribution < -0.4 is 5.32 Å². The van der Waals surface area contributed by atoms with Crippen LogP contribution in [0.4, 0.5) is 5.82 Å². The van der Waals surface area contributed by atoms with Crippen LogP contribution in [0.25, 0.3) is 10.9 Å². The second-order valence-corrected chi connectivity index (χ2v) is 8.47. The molecule has 0 aliphatic carbocycles. The zero-order chi connectivity index (χ0) is 18.4. The lowest BCUT2D eigenvalue weighted by molar-refractivity contribution is 0.102. The molecule has 0 aliphatic rings. The first-order valence-corrected chi connectivity index (χ1v) is 8.56. The molecule has 0 saturated heterocycles. The maximum absolute atomic E-state index is 12.7. The van der Waals surface area contributed by atoms with Crippen LogP contribution in [0.3, 0.4) is 0 Å². The standard InChI is InChI=1S/C20H26N4O/c1-19(2,3)16-12-17(24(23-16)20(4,5)6)22-18(25)15-11-13-9-7-8-10-14(13)21-15/h7-12,21H,1-6H3,(H,22,25). The molecule has 0 atom stereocenters. The van der Waals surface area contributed by atoms with Gasteiger partial charge in [-0.2, -0.15) is 5.10 Å². The monoisotopic (exact) mass is 338 g/mol. The van der Waals surface area contributed by atoms with E-state index in [-0.39, 0.29) is 16.9 Å². The number of fused-ring (bicyclic) bond motifs is 1. The van der Waals surface area contributed by atoms with Crippen molar-refractivity contribution < 1.29 is 4.79 Å². The van der Waals surface area contributed by atoms with Crippen LogP contribution >= 0.6 is 0 Å². The SMILES string of the molecule is CC(C)(C)c1cc(NC(=O)c2cc3ccccc3[nH]2)n(C(C)(C)C)n1. The summed E-state index contributed by atoms with van der Waals surface area (Å²) in [7, 11) is 0. The summed E-state index contributed by atoms with van der Waals surface area (Å²) in [6.45, 7) is 12.6. The molecule has 0 radical (unpaired) electrons. The van der Waals surface area contributed by atoms with E-state index in [0.717, 1.165) is 16.6 Å². The first kappa shape index (κ1) is 17.3. The van der Waals surface area contributed by atoms with Crippen LogP contribution in [0.15, 0.2) is 36.4 Å². The summed E-state index contributed by atoms with van der Waals surface area (Å²) in [5, 5.41) is 8.77. The fourth-order valence-corrected chi connectivity index (χ4v) is 2.73. The van der Waals surface area contributed by atoms with Gasteiger partial charge in [0.05, 0.1) is 11.2 Å². The van der Waals surface area contributed by atoms with E-state index in [1.165, 1.54) is 0 Å². The molecule has 0 saturated carbocycles. The molecule has 3 rings (SSSR count). The number of hydrogen-bond acceptors (Lipinski definition) is 2. The Labute approximate surface area is 148 Å². The van der Waals surface area contributed by atoms with Gasteiger partial charge in [-0.1, -0.05) is 39.0 Å². The van der Waals surface area contributed by atoms with E-state index < -0.39 is 0 Å². The fourth-order valence-electron chi connectivity index (χ4n) is 2.73. The minimum Gasteiger partial charge on any atom is -0.351 e. The lowest BCUT2D eigenvalue weighted by atomic mass is 9.92. The number of benzene rings is 1. The fraction of sp³-hybridized carbons (Fsp3) is 0.400. The van der Waals surface area contributed by atoms with E-state index in [1.54, 1.807) is 0 Å². The van der Waals surface area contributed by atoms with Crippen molar-refractivity contribution in [3.8, 4) is 0 Å². The molecule has 5 nitrogen and oxygen atoms in total. The summed E-state index contributed by atoms with van der Waals surface area (Å²) >= 11 is 0. The van der Waals surface area contributed by atoms with Crippen molar-refractivity contribution in [2.24, 2.45) is 0 Å². The van der Waals surface area contributed by atoms with Gasteiger partial charge in [-0.15, -0.1) is 0 Å². The Balaban J connectivity index is 1.96. The maximum atomic E-state index is 12.7. The van der Waals surface area contributed by atoms with E-state index >= 15 is 0 Å². The predicted molar refractivity (Wildman–Crippen MR) is 102 cm³/mol. The number of aromatic amines is 1. The molecule has 0 unspecified atom stereocenters. The second-order valence-electron chi connectivity index (χ2n) is 8.47. The van der Waals surface area contributed by atoms with E-state index in [4.69, 9.17) is 5.10 Å². The number of nitrogens with one attached hydrogen (secondary N) is 2. The lowest BCUT2D eigenvalue weighted by Crippen LogP contribution is -2.27. The van der Waals surface area contributed by atoms with Gasteiger partial charge in [0, 0.05) is 22.4 Å². The molecule has 0 aliphatic heterocycles. The van der Waals surface area contributed by atoms with Gasteiger partial charge in [0.25, 0.3) is 5.91 Å². The molecule has 2 aromatic heterocycles. The quantitative estimate of drug-likeness (QED) is 0.713. The van der Waals surface area contributed by atoms with Crippen LogP contribution in [-0.2, 0) is 11.0 Å². The number of aromatic nitrogens is 3. The molecule has 2 N–H and O–H groups in total. The van der Waals surface area contributed by atoms with Crippen molar-refractivity contribution in [2.75, 3.05) is 5.32 Å². The Hall–Kier alpha value is -2.56. The van der Waals surface area contributed by atoms with Crippen LogP contribution in [0.5, 0.6) is 0 Å². The summed E-state index contributed by atoms with van der Waals surface area (Å²) in [5.74, 6) is 0.545. The summed E-state index contributed by atoms with van der Waals surface area (Å²) in [6.07, 6.45) is 0. The van der Waals surface area contributed by atoms with Gasteiger partial charge in [0.15, 0.2) is 0 Å². The highest BCUT2D eigenvalue weighted by Crippen LogP contribution is 2.28. The van der Waals surface area contributed by atoms with E-state index in [2.05, 4.69) is 51.8 Å². The Kier molecular flexibility index (Phi) is 3.98. The highest BCUT2D eigenvalue weighted by atomic mass is 16.2. The third kappa shape index (κ3) is 3.45. The van der Waals surface area contributed by atoms with Crippen molar-refractivity contribution in [3.05, 3.63) is 47.8 Å². The first-order chi connectivity index (χ1) is 11.6. The average Bonchev–Trinajstić information content (AvgIpc) is 3.09. The molecule has 1 amide bonds. The third-order valence-electron chi connectivity index (χ3n) is 4.13. The number of anilines is 1. The van der Waals surface area contributed by atoms with Crippen LogP contribution in [0.1, 0.15) is 57.7 Å². The van der Waals surface area contributed by atoms with Crippen molar-refractivity contribution in [2.45, 2.75) is 52.5 Å². The Morgan fingerprint density at radius 1 is 1.08 bits per heavy atom. The second kappa shape index (κ2) is 5.76. The number of amides is 1. The summed E-state index contributed by atoms with van der Waals surface area (Å²) in [4.78, 5) is 15.9. The topological polar surface area (TPSA) is 62.7 Å². The maximum Gasteiger partial charge on any atom is 0.273 e. The number of carbonyl (C=O) groups excluding carboxylic acids is 1. The molecule has 5 heteroatoms. The Bertz CT molecular complexity index is 886. The van der Waals surface area contributed by atoms with Crippen molar-refractivity contribution >= 4 is 22.6 Å². The smallest absolute Gasteiger partial charge is 0.273 e. The molecule has 3 aromatic rings. The largest absolute Gasteiger partial charge is 0.351 e. The zero-order valence-corrected chi connectivity index (χ0v) is 15.8. The van der Waals surface area contributed by atoms with Gasteiger partial charge in [-0.25, -0.2) is 4.68 Å². The molecule has 0 fully saturated rings. The summed E-state index contributed by atoms with van der Waals surface area (Å²) in [5.41, 5.74) is 2.13. The minimum atomic E-state index is -0.230. The Morgan fingerprint density at radius 3 is 2.36 bits per heavy atom. The number of para-hydroxylation sites is 1. The van der Waals surface area contributed by atoms with Crippen molar-refractivity contribution in [3.63, 3.8) is 0 Å². The molecular weight excluding hydrogens is 312 g/mol. The molecule has 1 aromatic carbocycles. The molecule has 0 bridgehead atoms. The predicted octanol–water partition coefficient (Wildman–Crippen LogP) is 4.67. The third-order valence-corrected chi connectivity index (χ3v) is 4.13. The van der Waals surface area contributed by atoms with Gasteiger partial charge in [-0.3, -0.25) is 4.79 Å². The average molecular weight is 338 g/mol. The first-order valence-electron chi connectivity index (χ1n) is 8.56. The van der Waals surface area contributed by atoms with Crippen molar-refractivity contribution in [1.82, 2.24) is 14.8 Å². The molecule has 0 spiro atoms. The summed E-state index contributed by atoms with van der Waals surface area (Å²) < 4.78 is 1.88. The number of carbonyl (C=O) groups is 1. The molecular formula is C20H26N4O. The highest BCUT2D eigenvalue weighted by molar-refractivity contribution is 6.05. The molecule has 25 heavy (non-hydrogen) atoms. The van der Waals surface area contributed by atoms with Gasteiger partial charge < -0.3 is 10.3 Å². The normalized spacial score (nSPS) is 12.6. The number of rotatable bonds is 2. The number of hydrogen-bond donors (Lipinski definition) is 2. The Morgan fingerprint density at radius 2 is 1.76 bits per heavy atom. The van der Waals surface area contributed by atoms with Crippen LogP contribution in [0, 0.1) is 0 Å². The van der Waals surface area contributed by atoms with E-state index in [0.29, 0.717) is 11.5 Å². The number of nitrogens with zero attached hydrogens (tertiary/aromatic N) is 2. The van der Waals surface area contributed by atoms with Crippen LogP contribution in [-0.4, -0.2) is 20.7 Å². The summed E-state index contributed by atoms with van der Waals surface area (Å²) in [6, 6.07) is 11.7. The zero-order valence-electron chi connectivity index (χ0n) is 15.8. The van der Waals surface area contributed by atoms with Crippen molar-refractivity contribution in [1.29, 1.82) is 0 Å². The highest BCUT2D eigenvalue weighted by Gasteiger charge is 2.26. The number of H-pyrrole nitrogens is 1. The van der Waals surface area contributed by atoms with Gasteiger partial charge in [0.2, 0.25) is 0 Å². The van der Waals surface area contributed by atoms with E-state index in [9.17, 15) is 4.79 Å². The lowest BCUT2D eigenvalue weighted by Gasteiger charge is -2.22. The van der Waals surface area contributed by atoms with Crippen LogP contribution in [0.2, 0.25) is 0 Å². The molecule has 2 heterocycles. The van der Waals surface area contributed by atoms with Gasteiger partial charge in [-0.05, 0) is 32.9 Å². The minimum absolute atomic E-state index is 0.0862.